The first-order valence-corrected chi connectivity index (χ1v) is 8.65. The van der Waals surface area contributed by atoms with E-state index in [0.29, 0.717) is 5.76 Å². The predicted octanol–water partition coefficient (Wildman–Crippen LogP) is 3.27. The normalized spacial score (nSPS) is 16.8. The van der Waals surface area contributed by atoms with Gasteiger partial charge in [0.05, 0.1) is 4.91 Å². The lowest BCUT2D eigenvalue weighted by molar-refractivity contribution is -0.138. The van der Waals surface area contributed by atoms with Gasteiger partial charge in [-0.2, -0.15) is 0 Å². The molecule has 0 aliphatic carbocycles. The highest BCUT2D eigenvalue weighted by molar-refractivity contribution is 8.18. The zero-order valence-electron chi connectivity index (χ0n) is 14.5. The molecule has 1 saturated heterocycles. The molecule has 0 bridgehead atoms. The molecule has 6 nitrogen and oxygen atoms in total. The fourth-order valence-electron chi connectivity index (χ4n) is 2.69. The van der Waals surface area contributed by atoms with Crippen LogP contribution in [-0.2, 0) is 9.59 Å². The van der Waals surface area contributed by atoms with Crippen LogP contribution in [0.25, 0.3) is 6.08 Å². The lowest BCUT2D eigenvalue weighted by Crippen LogP contribution is -2.48. The smallest absolute Gasteiger partial charge is 0.294 e. The van der Waals surface area contributed by atoms with Crippen LogP contribution in [0.3, 0.4) is 0 Å². The minimum absolute atomic E-state index is 0.000864. The van der Waals surface area contributed by atoms with Crippen LogP contribution in [0.4, 0.5) is 4.79 Å². The van der Waals surface area contributed by atoms with Crippen molar-refractivity contribution < 1.29 is 18.8 Å². The van der Waals surface area contributed by atoms with E-state index in [2.05, 4.69) is 0 Å². The first kappa shape index (κ1) is 18.3. The second-order valence-electron chi connectivity index (χ2n) is 6.20. The minimum atomic E-state index is -0.458. The Morgan fingerprint density at radius 1 is 1.25 bits per heavy atom. The Morgan fingerprint density at radius 3 is 2.38 bits per heavy atom. The van der Waals surface area contributed by atoms with Crippen molar-refractivity contribution in [3.8, 4) is 0 Å². The Bertz CT molecular complexity index is 683. The number of aryl methyl sites for hydroxylation is 1. The molecule has 0 N–H and O–H groups in total. The molecule has 2 heterocycles. The van der Waals surface area contributed by atoms with Crippen LogP contribution < -0.4 is 0 Å². The van der Waals surface area contributed by atoms with E-state index in [-0.39, 0.29) is 29.4 Å². The fraction of sp³-hybridized carbons (Fsp3) is 0.471. The van der Waals surface area contributed by atoms with E-state index in [9.17, 15) is 14.4 Å². The Balaban J connectivity index is 2.14. The van der Waals surface area contributed by atoms with Crippen molar-refractivity contribution in [3.63, 3.8) is 0 Å². The molecule has 7 heteroatoms. The van der Waals surface area contributed by atoms with Crippen molar-refractivity contribution in [1.82, 2.24) is 9.80 Å². The van der Waals surface area contributed by atoms with Crippen LogP contribution in [-0.4, -0.2) is 45.5 Å². The summed E-state index contributed by atoms with van der Waals surface area (Å²) < 4.78 is 5.40. The zero-order valence-corrected chi connectivity index (χ0v) is 15.3. The highest BCUT2D eigenvalue weighted by Crippen LogP contribution is 2.32. The quantitative estimate of drug-likeness (QED) is 0.762. The Morgan fingerprint density at radius 2 is 1.88 bits per heavy atom. The van der Waals surface area contributed by atoms with Crippen molar-refractivity contribution in [2.24, 2.45) is 0 Å². The Kier molecular flexibility index (Phi) is 5.54. The third-order valence-electron chi connectivity index (χ3n) is 3.60. The van der Waals surface area contributed by atoms with Gasteiger partial charge in [0.15, 0.2) is 0 Å². The zero-order chi connectivity index (χ0) is 18.0. The van der Waals surface area contributed by atoms with Gasteiger partial charge in [0, 0.05) is 18.2 Å². The number of carbonyl (C=O) groups is 3. The third kappa shape index (κ3) is 3.90. The Hall–Kier alpha value is -2.02. The van der Waals surface area contributed by atoms with Gasteiger partial charge in [0.1, 0.15) is 18.1 Å². The van der Waals surface area contributed by atoms with Crippen molar-refractivity contribution in [3.05, 3.63) is 28.6 Å². The van der Waals surface area contributed by atoms with Crippen LogP contribution in [0.1, 0.15) is 39.2 Å². The highest BCUT2D eigenvalue weighted by atomic mass is 32.2. The number of furan rings is 1. The summed E-state index contributed by atoms with van der Waals surface area (Å²) in [5, 5.41) is -0.435. The number of amides is 3. The molecular weight excluding hydrogens is 328 g/mol. The number of hydrogen-bond donors (Lipinski definition) is 0. The van der Waals surface area contributed by atoms with Gasteiger partial charge in [-0.3, -0.25) is 19.3 Å². The molecule has 0 aromatic carbocycles. The second-order valence-corrected chi connectivity index (χ2v) is 7.20. The summed E-state index contributed by atoms with van der Waals surface area (Å²) in [7, 11) is 0. The summed E-state index contributed by atoms with van der Waals surface area (Å²) >= 11 is 0.824. The molecular formula is C17H22N2O4S. The molecule has 0 atom stereocenters. The van der Waals surface area contributed by atoms with Gasteiger partial charge in [0.2, 0.25) is 5.91 Å². The Labute approximate surface area is 145 Å². The van der Waals surface area contributed by atoms with Crippen LogP contribution >= 0.6 is 11.8 Å². The molecule has 3 amide bonds. The lowest BCUT2D eigenvalue weighted by Gasteiger charge is -2.31. The van der Waals surface area contributed by atoms with Crippen LogP contribution in [0, 0.1) is 6.92 Å². The van der Waals surface area contributed by atoms with E-state index in [1.165, 1.54) is 6.08 Å². The van der Waals surface area contributed by atoms with E-state index in [0.717, 1.165) is 22.4 Å². The molecule has 0 spiro atoms. The van der Waals surface area contributed by atoms with Gasteiger partial charge in [0.25, 0.3) is 11.1 Å². The summed E-state index contributed by atoms with van der Waals surface area (Å²) in [5.41, 5.74) is 0. The molecule has 0 unspecified atom stereocenters. The molecule has 2 rings (SSSR count). The maximum atomic E-state index is 12.5. The van der Waals surface area contributed by atoms with Crippen LogP contribution in [0.15, 0.2) is 21.5 Å². The fourth-order valence-corrected chi connectivity index (χ4v) is 3.50. The molecule has 1 fully saturated rings. The third-order valence-corrected chi connectivity index (χ3v) is 4.51. The number of imide groups is 1. The van der Waals surface area contributed by atoms with E-state index < -0.39 is 11.1 Å². The first-order valence-electron chi connectivity index (χ1n) is 7.83. The maximum absolute atomic E-state index is 12.5. The number of carbonyl (C=O) groups excluding carboxylic acids is 3. The lowest BCUT2D eigenvalue weighted by atomic mass is 10.2. The first-order chi connectivity index (χ1) is 11.2. The van der Waals surface area contributed by atoms with Crippen LogP contribution in [0.5, 0.6) is 0 Å². The average Bonchev–Trinajstić information content (AvgIpc) is 2.97. The summed E-state index contributed by atoms with van der Waals surface area (Å²) in [6.45, 7) is 9.19. The van der Waals surface area contributed by atoms with E-state index in [4.69, 9.17) is 4.42 Å². The molecule has 130 valence electrons. The van der Waals surface area contributed by atoms with Gasteiger partial charge >= 0.3 is 0 Å². The summed E-state index contributed by atoms with van der Waals surface area (Å²) in [6.07, 6.45) is 1.53. The van der Waals surface area contributed by atoms with Gasteiger partial charge in [-0.25, -0.2) is 0 Å². The van der Waals surface area contributed by atoms with Crippen LogP contribution in [0.2, 0.25) is 0 Å². The summed E-state index contributed by atoms with van der Waals surface area (Å²) in [6, 6.07) is 3.51. The van der Waals surface area contributed by atoms with Crippen molar-refractivity contribution in [2.75, 3.05) is 6.54 Å². The van der Waals surface area contributed by atoms with Gasteiger partial charge in [-0.05, 0) is 58.5 Å². The highest BCUT2D eigenvalue weighted by Gasteiger charge is 2.37. The largest absolute Gasteiger partial charge is 0.462 e. The van der Waals surface area contributed by atoms with Crippen molar-refractivity contribution in [1.29, 1.82) is 0 Å². The summed E-state index contributed by atoms with van der Waals surface area (Å²) in [5.74, 6) is 0.535. The predicted molar refractivity (Wildman–Crippen MR) is 93.2 cm³/mol. The van der Waals surface area contributed by atoms with E-state index >= 15 is 0 Å². The van der Waals surface area contributed by atoms with E-state index in [1.54, 1.807) is 24.0 Å². The average molecular weight is 350 g/mol. The van der Waals surface area contributed by atoms with Crippen molar-refractivity contribution in [2.45, 2.75) is 46.7 Å². The van der Waals surface area contributed by atoms with Gasteiger partial charge < -0.3 is 9.32 Å². The van der Waals surface area contributed by atoms with Gasteiger partial charge in [-0.1, -0.05) is 0 Å². The molecule has 0 radical (unpaired) electrons. The molecule has 1 aliphatic rings. The number of rotatable bonds is 5. The topological polar surface area (TPSA) is 70.8 Å². The number of thioether (sulfide) groups is 1. The molecule has 24 heavy (non-hydrogen) atoms. The van der Waals surface area contributed by atoms with E-state index in [1.807, 2.05) is 27.7 Å². The minimum Gasteiger partial charge on any atom is -0.462 e. The molecule has 1 aliphatic heterocycles. The second kappa shape index (κ2) is 7.25. The summed E-state index contributed by atoms with van der Waals surface area (Å²) in [4.78, 5) is 39.9. The number of hydrogen-bond acceptors (Lipinski definition) is 5. The van der Waals surface area contributed by atoms with Gasteiger partial charge in [-0.15, -0.1) is 0 Å². The molecule has 0 saturated carbocycles. The number of nitrogens with zero attached hydrogens (tertiary/aromatic N) is 2. The molecule has 1 aromatic rings. The molecule has 1 aromatic heterocycles. The standard InChI is InChI=1S/C17H22N2O4S/c1-10(2)19(11(3)4)15(20)9-18-16(21)14(24-17(18)22)8-13-7-6-12(5)23-13/h6-8,10-11H,9H2,1-5H3/b14-8-. The monoisotopic (exact) mass is 350 g/mol. The van der Waals surface area contributed by atoms with Crippen molar-refractivity contribution >= 4 is 34.9 Å². The SMILES string of the molecule is Cc1ccc(/C=C2\SC(=O)N(CC(=O)N(C(C)C)C(C)C)C2=O)o1. The maximum Gasteiger partial charge on any atom is 0.294 e.